The number of hydrogen-bond acceptors (Lipinski definition) is 6. The van der Waals surface area contributed by atoms with Gasteiger partial charge in [-0.1, -0.05) is 78.9 Å². The largest absolute Gasteiger partial charge is 0.464 e. The number of ether oxygens (including phenoxy) is 1. The lowest BCUT2D eigenvalue weighted by Crippen LogP contribution is -2.44. The van der Waals surface area contributed by atoms with E-state index in [4.69, 9.17) is 9.73 Å². The SMILES string of the molecule is CCOC(=O)[C@H](CC1=CCC(=CN2CCN(c3ccncc3)CC2)C=C1)N=C(c1ccccc1)c1ccccc1. The van der Waals surface area contributed by atoms with Gasteiger partial charge in [-0.05, 0) is 36.6 Å². The third-order valence-corrected chi connectivity index (χ3v) is 7.17. The maximum atomic E-state index is 13.1. The van der Waals surface area contributed by atoms with Crippen molar-refractivity contribution < 1.29 is 9.53 Å². The number of benzene rings is 2. The average Bonchev–Trinajstić information content (AvgIpc) is 3.02. The van der Waals surface area contributed by atoms with E-state index < -0.39 is 6.04 Å². The Morgan fingerprint density at radius 2 is 1.57 bits per heavy atom. The summed E-state index contributed by atoms with van der Waals surface area (Å²) in [4.78, 5) is 27.0. The molecule has 1 aromatic heterocycles. The molecule has 2 aliphatic rings. The molecule has 40 heavy (non-hydrogen) atoms. The second-order valence-electron chi connectivity index (χ2n) is 9.93. The van der Waals surface area contributed by atoms with Crippen molar-refractivity contribution in [2.24, 2.45) is 4.99 Å². The molecule has 6 nitrogen and oxygen atoms in total. The Hall–Kier alpha value is -4.45. The lowest BCUT2D eigenvalue weighted by Gasteiger charge is -2.36. The number of carbonyl (C=O) groups excluding carboxylic acids is 1. The third-order valence-electron chi connectivity index (χ3n) is 7.17. The minimum absolute atomic E-state index is 0.297. The van der Waals surface area contributed by atoms with Crippen molar-refractivity contribution in [3.63, 3.8) is 0 Å². The number of aliphatic imine (C=N–C) groups is 1. The summed E-state index contributed by atoms with van der Waals surface area (Å²) in [6.45, 7) is 6.11. The monoisotopic (exact) mass is 532 g/mol. The van der Waals surface area contributed by atoms with Crippen molar-refractivity contribution >= 4 is 17.4 Å². The van der Waals surface area contributed by atoms with E-state index >= 15 is 0 Å². The summed E-state index contributed by atoms with van der Waals surface area (Å²) < 4.78 is 5.46. The fourth-order valence-corrected chi connectivity index (χ4v) is 5.05. The van der Waals surface area contributed by atoms with Crippen LogP contribution in [0.5, 0.6) is 0 Å². The molecule has 2 aromatic carbocycles. The van der Waals surface area contributed by atoms with Crippen LogP contribution in [0.2, 0.25) is 0 Å². The van der Waals surface area contributed by atoms with Gasteiger partial charge in [-0.2, -0.15) is 0 Å². The molecule has 0 N–H and O–H groups in total. The Labute approximate surface area is 237 Å². The summed E-state index contributed by atoms with van der Waals surface area (Å²) in [5.74, 6) is -0.297. The van der Waals surface area contributed by atoms with E-state index in [1.54, 1.807) is 0 Å². The van der Waals surface area contributed by atoms with Crippen LogP contribution in [-0.4, -0.2) is 60.4 Å². The molecule has 5 rings (SSSR count). The Morgan fingerprint density at radius 1 is 0.925 bits per heavy atom. The van der Waals surface area contributed by atoms with Crippen molar-refractivity contribution in [2.45, 2.75) is 25.8 Å². The molecule has 0 bridgehead atoms. The smallest absolute Gasteiger partial charge is 0.331 e. The molecule has 1 fully saturated rings. The van der Waals surface area contributed by atoms with E-state index in [0.29, 0.717) is 13.0 Å². The normalized spacial score (nSPS) is 16.8. The number of piperazine rings is 1. The molecule has 0 amide bonds. The van der Waals surface area contributed by atoms with Gasteiger partial charge in [0.1, 0.15) is 0 Å². The van der Waals surface area contributed by atoms with Crippen LogP contribution in [0.25, 0.3) is 0 Å². The van der Waals surface area contributed by atoms with Gasteiger partial charge >= 0.3 is 5.97 Å². The van der Waals surface area contributed by atoms with Gasteiger partial charge in [0.05, 0.1) is 12.3 Å². The van der Waals surface area contributed by atoms with E-state index in [2.05, 4.69) is 51.3 Å². The number of allylic oxidation sites excluding steroid dienone is 4. The minimum atomic E-state index is -0.627. The maximum absolute atomic E-state index is 13.1. The van der Waals surface area contributed by atoms with Gasteiger partial charge in [-0.15, -0.1) is 0 Å². The number of nitrogens with zero attached hydrogens (tertiary/aromatic N) is 4. The molecular weight excluding hydrogens is 496 g/mol. The van der Waals surface area contributed by atoms with Gasteiger partial charge < -0.3 is 14.5 Å². The average molecular weight is 533 g/mol. The van der Waals surface area contributed by atoms with Gasteiger partial charge in [0.15, 0.2) is 6.04 Å². The van der Waals surface area contributed by atoms with Crippen LogP contribution in [0.1, 0.15) is 30.9 Å². The van der Waals surface area contributed by atoms with Crippen LogP contribution in [-0.2, 0) is 9.53 Å². The number of pyridine rings is 1. The molecule has 2 heterocycles. The van der Waals surface area contributed by atoms with E-state index in [1.165, 1.54) is 11.3 Å². The van der Waals surface area contributed by atoms with E-state index in [0.717, 1.165) is 55.0 Å². The highest BCUT2D eigenvalue weighted by Crippen LogP contribution is 2.23. The van der Waals surface area contributed by atoms with Crippen molar-refractivity contribution in [3.05, 3.63) is 132 Å². The zero-order chi connectivity index (χ0) is 27.6. The molecule has 0 spiro atoms. The van der Waals surface area contributed by atoms with Crippen molar-refractivity contribution in [1.82, 2.24) is 9.88 Å². The standard InChI is InChI=1S/C34H36N4O2/c1-2-40-34(39)32(36-33(29-9-5-3-6-10-29)30-11-7-4-8-12-30)25-27-13-15-28(16-14-27)26-37-21-23-38(24-22-37)31-17-19-35-20-18-31/h3-15,17-20,26,32H,2,16,21-25H2,1H3/t32-/m0/s1. The summed E-state index contributed by atoms with van der Waals surface area (Å²) in [5.41, 5.74) is 6.35. The minimum Gasteiger partial charge on any atom is -0.464 e. The zero-order valence-electron chi connectivity index (χ0n) is 23.0. The molecular formula is C34H36N4O2. The van der Waals surface area contributed by atoms with Crippen LogP contribution in [0, 0.1) is 0 Å². The molecule has 1 saturated heterocycles. The van der Waals surface area contributed by atoms with Crippen molar-refractivity contribution in [1.29, 1.82) is 0 Å². The fraction of sp³-hybridized carbons (Fsp3) is 0.265. The van der Waals surface area contributed by atoms with Crippen molar-refractivity contribution in [3.8, 4) is 0 Å². The molecule has 0 radical (unpaired) electrons. The van der Waals surface area contributed by atoms with Crippen LogP contribution >= 0.6 is 0 Å². The summed E-state index contributed by atoms with van der Waals surface area (Å²) in [6, 6.07) is 23.6. The molecule has 1 aliphatic carbocycles. The van der Waals surface area contributed by atoms with E-state index in [1.807, 2.05) is 80.0 Å². The Bertz CT molecular complexity index is 1330. The summed E-state index contributed by atoms with van der Waals surface area (Å²) >= 11 is 0. The van der Waals surface area contributed by atoms with E-state index in [9.17, 15) is 4.79 Å². The third kappa shape index (κ3) is 7.14. The molecule has 204 valence electrons. The van der Waals surface area contributed by atoms with Gasteiger partial charge in [0.2, 0.25) is 0 Å². The lowest BCUT2D eigenvalue weighted by atomic mass is 9.96. The molecule has 0 unspecified atom stereocenters. The van der Waals surface area contributed by atoms with Gasteiger partial charge in [0, 0.05) is 68.0 Å². The first kappa shape index (κ1) is 27.1. The van der Waals surface area contributed by atoms with E-state index in [-0.39, 0.29) is 5.97 Å². The Morgan fingerprint density at radius 3 is 2.15 bits per heavy atom. The first-order chi connectivity index (χ1) is 19.7. The number of esters is 1. The van der Waals surface area contributed by atoms with Crippen LogP contribution in [0.3, 0.4) is 0 Å². The highest BCUT2D eigenvalue weighted by atomic mass is 16.5. The van der Waals surface area contributed by atoms with Crippen LogP contribution in [0.4, 0.5) is 5.69 Å². The fourth-order valence-electron chi connectivity index (χ4n) is 5.05. The predicted octanol–water partition coefficient (Wildman–Crippen LogP) is 5.83. The number of rotatable bonds is 9. The summed E-state index contributed by atoms with van der Waals surface area (Å²) in [6.07, 6.45) is 13.8. The predicted molar refractivity (Wildman–Crippen MR) is 162 cm³/mol. The van der Waals surface area contributed by atoms with Crippen LogP contribution < -0.4 is 4.90 Å². The molecule has 3 aromatic rings. The van der Waals surface area contributed by atoms with Gasteiger partial charge in [-0.25, -0.2) is 4.79 Å². The van der Waals surface area contributed by atoms with Crippen molar-refractivity contribution in [2.75, 3.05) is 37.7 Å². The highest BCUT2D eigenvalue weighted by Gasteiger charge is 2.23. The number of anilines is 1. The second kappa shape index (κ2) is 13.6. The molecule has 0 saturated carbocycles. The molecule has 1 atom stereocenters. The number of hydrogen-bond donors (Lipinski definition) is 0. The number of aromatic nitrogens is 1. The maximum Gasteiger partial charge on any atom is 0.331 e. The molecule has 6 heteroatoms. The van der Waals surface area contributed by atoms with Gasteiger partial charge in [-0.3, -0.25) is 9.98 Å². The molecule has 1 aliphatic heterocycles. The highest BCUT2D eigenvalue weighted by molar-refractivity contribution is 6.13. The summed E-state index contributed by atoms with van der Waals surface area (Å²) in [7, 11) is 0. The second-order valence-corrected chi connectivity index (χ2v) is 9.93. The first-order valence-electron chi connectivity index (χ1n) is 14.0. The zero-order valence-corrected chi connectivity index (χ0v) is 23.0. The van der Waals surface area contributed by atoms with Crippen LogP contribution in [0.15, 0.2) is 126 Å². The first-order valence-corrected chi connectivity index (χ1v) is 14.0. The summed E-state index contributed by atoms with van der Waals surface area (Å²) in [5, 5.41) is 0. The topological polar surface area (TPSA) is 58.0 Å². The lowest BCUT2D eigenvalue weighted by molar-refractivity contribution is -0.144. The van der Waals surface area contributed by atoms with Gasteiger partial charge in [0.25, 0.3) is 0 Å². The Kier molecular flexibility index (Phi) is 9.20. The Balaban J connectivity index is 1.28. The quantitative estimate of drug-likeness (QED) is 0.256. The number of carbonyl (C=O) groups is 1.